The highest BCUT2D eigenvalue weighted by Crippen LogP contribution is 2.30. The lowest BCUT2D eigenvalue weighted by atomic mass is 9.81. The predicted octanol–water partition coefficient (Wildman–Crippen LogP) is 2.14. The molecule has 0 aromatic rings. The Morgan fingerprint density at radius 1 is 1.47 bits per heavy atom. The molecule has 1 N–H and O–H groups in total. The van der Waals surface area contributed by atoms with Gasteiger partial charge in [-0.05, 0) is 26.2 Å². The minimum Gasteiger partial charge on any atom is -0.481 e. The molecule has 1 aliphatic rings. The van der Waals surface area contributed by atoms with Crippen LogP contribution in [0.5, 0.6) is 0 Å². The molecule has 2 unspecified atom stereocenters. The van der Waals surface area contributed by atoms with Crippen LogP contribution in [0.2, 0.25) is 0 Å². The van der Waals surface area contributed by atoms with Gasteiger partial charge in [-0.2, -0.15) is 0 Å². The number of nitrogens with zero attached hydrogens (tertiary/aromatic N) is 1. The molecule has 0 spiro atoms. The summed E-state index contributed by atoms with van der Waals surface area (Å²) in [4.78, 5) is 25.1. The highest BCUT2D eigenvalue weighted by atomic mass is 16.4. The van der Waals surface area contributed by atoms with E-state index in [1.807, 2.05) is 6.92 Å². The molecule has 1 rings (SSSR count). The standard InChI is InChI=1S/C13H23NO3/c1-4-6-10(2)11(15)14-8-5-7-13(3,9-14)12(16)17/h10H,4-9H2,1-3H3,(H,16,17). The zero-order valence-corrected chi connectivity index (χ0v) is 11.0. The molecule has 0 aromatic carbocycles. The molecule has 0 aliphatic carbocycles. The third kappa shape index (κ3) is 3.20. The number of aliphatic carboxylic acids is 1. The van der Waals surface area contributed by atoms with Crippen LogP contribution in [0.1, 0.15) is 46.5 Å². The number of amides is 1. The van der Waals surface area contributed by atoms with E-state index in [1.165, 1.54) is 0 Å². The molecule has 98 valence electrons. The van der Waals surface area contributed by atoms with E-state index in [0.717, 1.165) is 19.3 Å². The number of hydrogen-bond acceptors (Lipinski definition) is 2. The fraction of sp³-hybridized carbons (Fsp3) is 0.846. The summed E-state index contributed by atoms with van der Waals surface area (Å²) in [5.74, 6) is -0.673. The molecule has 0 saturated carbocycles. The number of likely N-dealkylation sites (tertiary alicyclic amines) is 1. The third-order valence-electron chi connectivity index (χ3n) is 3.67. The topological polar surface area (TPSA) is 57.6 Å². The van der Waals surface area contributed by atoms with Crippen LogP contribution in [-0.2, 0) is 9.59 Å². The van der Waals surface area contributed by atoms with Gasteiger partial charge in [0.15, 0.2) is 0 Å². The number of rotatable bonds is 4. The highest BCUT2D eigenvalue weighted by Gasteiger charge is 2.39. The number of carboxylic acid groups (broad SMARTS) is 1. The number of carbonyl (C=O) groups is 2. The van der Waals surface area contributed by atoms with Crippen LogP contribution in [0.4, 0.5) is 0 Å². The van der Waals surface area contributed by atoms with Crippen molar-refractivity contribution in [2.75, 3.05) is 13.1 Å². The Morgan fingerprint density at radius 2 is 2.12 bits per heavy atom. The van der Waals surface area contributed by atoms with Crippen LogP contribution in [0.25, 0.3) is 0 Å². The van der Waals surface area contributed by atoms with Crippen LogP contribution in [0, 0.1) is 11.3 Å². The van der Waals surface area contributed by atoms with Crippen molar-refractivity contribution in [2.24, 2.45) is 11.3 Å². The van der Waals surface area contributed by atoms with Crippen molar-refractivity contribution in [3.8, 4) is 0 Å². The van der Waals surface area contributed by atoms with Crippen molar-refractivity contribution in [3.05, 3.63) is 0 Å². The average molecular weight is 241 g/mol. The van der Waals surface area contributed by atoms with Crippen molar-refractivity contribution in [2.45, 2.75) is 46.5 Å². The maximum Gasteiger partial charge on any atom is 0.311 e. The summed E-state index contributed by atoms with van der Waals surface area (Å²) < 4.78 is 0. The monoisotopic (exact) mass is 241 g/mol. The molecule has 17 heavy (non-hydrogen) atoms. The SMILES string of the molecule is CCCC(C)C(=O)N1CCCC(C)(C(=O)O)C1. The van der Waals surface area contributed by atoms with Crippen molar-refractivity contribution >= 4 is 11.9 Å². The minimum absolute atomic E-state index is 0.0103. The van der Waals surface area contributed by atoms with Crippen molar-refractivity contribution in [1.29, 1.82) is 0 Å². The fourth-order valence-electron chi connectivity index (χ4n) is 2.47. The third-order valence-corrected chi connectivity index (χ3v) is 3.67. The second kappa shape index (κ2) is 5.52. The summed E-state index contributed by atoms with van der Waals surface area (Å²) in [5.41, 5.74) is -0.764. The maximum atomic E-state index is 12.1. The lowest BCUT2D eigenvalue weighted by Gasteiger charge is -2.38. The van der Waals surface area contributed by atoms with Crippen molar-refractivity contribution in [1.82, 2.24) is 4.90 Å². The summed E-state index contributed by atoms with van der Waals surface area (Å²) in [6.07, 6.45) is 3.30. The number of carboxylic acids is 1. The van der Waals surface area contributed by atoms with Gasteiger partial charge in [0.1, 0.15) is 0 Å². The molecule has 1 heterocycles. The predicted molar refractivity (Wildman–Crippen MR) is 65.6 cm³/mol. The van der Waals surface area contributed by atoms with E-state index in [0.29, 0.717) is 19.5 Å². The summed E-state index contributed by atoms with van der Waals surface area (Å²) in [5, 5.41) is 9.20. The number of carbonyl (C=O) groups excluding carboxylic acids is 1. The minimum atomic E-state index is -0.793. The molecule has 1 aliphatic heterocycles. The van der Waals surface area contributed by atoms with Crippen molar-refractivity contribution < 1.29 is 14.7 Å². The Labute approximate surface area is 103 Å². The molecule has 4 nitrogen and oxygen atoms in total. The van der Waals surface area contributed by atoms with Crippen LogP contribution in [-0.4, -0.2) is 35.0 Å². The number of hydrogen-bond donors (Lipinski definition) is 1. The van der Waals surface area contributed by atoms with E-state index >= 15 is 0 Å². The first kappa shape index (κ1) is 14.0. The van der Waals surface area contributed by atoms with Gasteiger partial charge in [-0.1, -0.05) is 20.3 Å². The van der Waals surface area contributed by atoms with Gasteiger partial charge < -0.3 is 10.0 Å². The molecular formula is C13H23NO3. The van der Waals surface area contributed by atoms with E-state index in [2.05, 4.69) is 6.92 Å². The smallest absolute Gasteiger partial charge is 0.311 e. The van der Waals surface area contributed by atoms with Crippen LogP contribution >= 0.6 is 0 Å². The highest BCUT2D eigenvalue weighted by molar-refractivity contribution is 5.81. The largest absolute Gasteiger partial charge is 0.481 e. The average Bonchev–Trinajstić information content (AvgIpc) is 2.28. The lowest BCUT2D eigenvalue weighted by molar-refractivity contribution is -0.154. The maximum absolute atomic E-state index is 12.1. The van der Waals surface area contributed by atoms with E-state index in [-0.39, 0.29) is 11.8 Å². The molecule has 1 fully saturated rings. The zero-order valence-electron chi connectivity index (χ0n) is 11.0. The summed E-state index contributed by atoms with van der Waals surface area (Å²) in [6, 6.07) is 0. The van der Waals surface area contributed by atoms with Crippen LogP contribution in [0.3, 0.4) is 0 Å². The summed E-state index contributed by atoms with van der Waals surface area (Å²) >= 11 is 0. The first-order valence-corrected chi connectivity index (χ1v) is 6.43. The molecule has 4 heteroatoms. The zero-order chi connectivity index (χ0) is 13.1. The molecule has 1 saturated heterocycles. The van der Waals surface area contributed by atoms with E-state index in [1.54, 1.807) is 11.8 Å². The van der Waals surface area contributed by atoms with Gasteiger partial charge >= 0.3 is 5.97 Å². The molecule has 1 amide bonds. The molecular weight excluding hydrogens is 218 g/mol. The number of piperidine rings is 1. The Hall–Kier alpha value is -1.06. The van der Waals surface area contributed by atoms with Crippen LogP contribution in [0.15, 0.2) is 0 Å². The van der Waals surface area contributed by atoms with Gasteiger partial charge in [-0.15, -0.1) is 0 Å². The van der Waals surface area contributed by atoms with Crippen molar-refractivity contribution in [3.63, 3.8) is 0 Å². The van der Waals surface area contributed by atoms with Gasteiger partial charge in [0.2, 0.25) is 5.91 Å². The molecule has 2 atom stereocenters. The second-order valence-corrected chi connectivity index (χ2v) is 5.42. The first-order chi connectivity index (χ1) is 7.90. The van der Waals surface area contributed by atoms with Gasteiger partial charge in [0.25, 0.3) is 0 Å². The quantitative estimate of drug-likeness (QED) is 0.820. The van der Waals surface area contributed by atoms with E-state index in [9.17, 15) is 14.7 Å². The van der Waals surface area contributed by atoms with Gasteiger partial charge in [-0.25, -0.2) is 0 Å². The van der Waals surface area contributed by atoms with Gasteiger partial charge in [-0.3, -0.25) is 9.59 Å². The van der Waals surface area contributed by atoms with Gasteiger partial charge in [0, 0.05) is 19.0 Å². The molecule has 0 bridgehead atoms. The Kier molecular flexibility index (Phi) is 4.54. The second-order valence-electron chi connectivity index (χ2n) is 5.42. The van der Waals surface area contributed by atoms with Crippen LogP contribution < -0.4 is 0 Å². The van der Waals surface area contributed by atoms with E-state index in [4.69, 9.17) is 0 Å². The molecule has 0 aromatic heterocycles. The lowest BCUT2D eigenvalue weighted by Crippen LogP contribution is -2.49. The van der Waals surface area contributed by atoms with Gasteiger partial charge in [0.05, 0.1) is 5.41 Å². The molecule has 0 radical (unpaired) electrons. The summed E-state index contributed by atoms with van der Waals surface area (Å²) in [7, 11) is 0. The normalized spacial score (nSPS) is 26.6. The summed E-state index contributed by atoms with van der Waals surface area (Å²) in [6.45, 7) is 6.78. The first-order valence-electron chi connectivity index (χ1n) is 6.43. The Bertz CT molecular complexity index is 303. The van der Waals surface area contributed by atoms with E-state index < -0.39 is 11.4 Å². The fourth-order valence-corrected chi connectivity index (χ4v) is 2.47. The Morgan fingerprint density at radius 3 is 2.65 bits per heavy atom. The Balaban J connectivity index is 2.66.